The van der Waals surface area contributed by atoms with E-state index in [1.165, 1.54) is 5.56 Å². The average Bonchev–Trinajstić information content (AvgIpc) is 2.86. The van der Waals surface area contributed by atoms with Gasteiger partial charge in [-0.2, -0.15) is 4.98 Å². The summed E-state index contributed by atoms with van der Waals surface area (Å²) in [6, 6.07) is 6.03. The molecule has 0 saturated carbocycles. The van der Waals surface area contributed by atoms with Gasteiger partial charge in [0.1, 0.15) is 5.75 Å². The van der Waals surface area contributed by atoms with E-state index in [9.17, 15) is 0 Å². The van der Waals surface area contributed by atoms with Gasteiger partial charge in [-0.3, -0.25) is 0 Å². The number of rotatable bonds is 5. The number of methoxy groups -OCH3 is 1. The molecule has 0 bridgehead atoms. The second kappa shape index (κ2) is 5.84. The van der Waals surface area contributed by atoms with E-state index in [2.05, 4.69) is 30.1 Å². The van der Waals surface area contributed by atoms with Crippen LogP contribution in [0.5, 0.6) is 5.75 Å². The van der Waals surface area contributed by atoms with E-state index in [4.69, 9.17) is 15.0 Å². The van der Waals surface area contributed by atoms with Crippen LogP contribution in [0.4, 0.5) is 0 Å². The molecule has 0 fully saturated rings. The van der Waals surface area contributed by atoms with Crippen LogP contribution in [0, 0.1) is 0 Å². The first-order valence-electron chi connectivity index (χ1n) is 6.36. The van der Waals surface area contributed by atoms with Crippen LogP contribution in [0.2, 0.25) is 0 Å². The summed E-state index contributed by atoms with van der Waals surface area (Å²) in [5.74, 6) is 2.29. The van der Waals surface area contributed by atoms with Crippen LogP contribution in [0.1, 0.15) is 31.2 Å². The molecule has 2 rings (SSSR count). The van der Waals surface area contributed by atoms with Crippen LogP contribution < -0.4 is 10.5 Å². The summed E-state index contributed by atoms with van der Waals surface area (Å²) in [4.78, 5) is 4.32. The van der Waals surface area contributed by atoms with Gasteiger partial charge >= 0.3 is 0 Å². The third-order valence-electron chi connectivity index (χ3n) is 2.96. The Balaban J connectivity index is 2.37. The molecule has 19 heavy (non-hydrogen) atoms. The Bertz CT molecular complexity index is 549. The normalized spacial score (nSPS) is 11.0. The molecule has 0 aliphatic carbocycles. The number of ether oxygens (including phenoxy) is 1. The zero-order valence-electron chi connectivity index (χ0n) is 11.5. The summed E-state index contributed by atoms with van der Waals surface area (Å²) >= 11 is 0. The van der Waals surface area contributed by atoms with Crippen molar-refractivity contribution in [3.05, 3.63) is 29.7 Å². The minimum absolute atomic E-state index is 0.445. The van der Waals surface area contributed by atoms with Gasteiger partial charge in [0.15, 0.2) is 0 Å². The smallest absolute Gasteiger partial charge is 0.228 e. The molecule has 0 unspecified atom stereocenters. The minimum Gasteiger partial charge on any atom is -0.496 e. The van der Waals surface area contributed by atoms with E-state index in [0.717, 1.165) is 11.3 Å². The van der Waals surface area contributed by atoms with Gasteiger partial charge in [0.25, 0.3) is 0 Å². The molecule has 102 valence electrons. The molecule has 1 heterocycles. The predicted octanol–water partition coefficient (Wildman–Crippen LogP) is 2.37. The third-order valence-corrected chi connectivity index (χ3v) is 2.96. The highest BCUT2D eigenvalue weighted by molar-refractivity contribution is 5.64. The number of hydrogen-bond donors (Lipinski definition) is 1. The molecule has 2 N–H and O–H groups in total. The lowest BCUT2D eigenvalue weighted by Gasteiger charge is -2.10. The summed E-state index contributed by atoms with van der Waals surface area (Å²) in [5.41, 5.74) is 7.51. The maximum atomic E-state index is 5.47. The van der Waals surface area contributed by atoms with E-state index in [1.807, 2.05) is 12.1 Å². The summed E-state index contributed by atoms with van der Waals surface area (Å²) in [7, 11) is 1.64. The second-order valence-electron chi connectivity index (χ2n) is 4.66. The molecule has 0 radical (unpaired) electrons. The Hall–Kier alpha value is -1.88. The van der Waals surface area contributed by atoms with Crippen molar-refractivity contribution in [3.63, 3.8) is 0 Å². The minimum atomic E-state index is 0.445. The summed E-state index contributed by atoms with van der Waals surface area (Å²) < 4.78 is 10.6. The molecule has 0 amide bonds. The molecule has 5 heteroatoms. The Morgan fingerprint density at radius 1 is 1.37 bits per heavy atom. The summed E-state index contributed by atoms with van der Waals surface area (Å²) in [6.07, 6.45) is 0.583. The monoisotopic (exact) mass is 261 g/mol. The molecule has 2 aromatic rings. The lowest BCUT2D eigenvalue weighted by atomic mass is 10.0. The van der Waals surface area contributed by atoms with E-state index in [0.29, 0.717) is 30.6 Å². The highest BCUT2D eigenvalue weighted by Crippen LogP contribution is 2.31. The lowest BCUT2D eigenvalue weighted by Crippen LogP contribution is -2.02. The fourth-order valence-electron chi connectivity index (χ4n) is 1.84. The van der Waals surface area contributed by atoms with Crippen LogP contribution >= 0.6 is 0 Å². The first-order valence-corrected chi connectivity index (χ1v) is 6.36. The first kappa shape index (κ1) is 13.5. The molecular weight excluding hydrogens is 242 g/mol. The number of nitrogens with two attached hydrogens (primary N) is 1. The largest absolute Gasteiger partial charge is 0.496 e. The number of nitrogens with zero attached hydrogens (tertiary/aromatic N) is 2. The van der Waals surface area contributed by atoms with E-state index >= 15 is 0 Å². The maximum absolute atomic E-state index is 5.47. The van der Waals surface area contributed by atoms with Crippen LogP contribution in [-0.4, -0.2) is 23.8 Å². The maximum Gasteiger partial charge on any atom is 0.228 e. The van der Waals surface area contributed by atoms with Crippen molar-refractivity contribution < 1.29 is 9.26 Å². The molecular formula is C14H19N3O2. The molecule has 0 spiro atoms. The highest BCUT2D eigenvalue weighted by Gasteiger charge is 2.14. The van der Waals surface area contributed by atoms with Crippen molar-refractivity contribution in [2.45, 2.75) is 26.2 Å². The Labute approximate surface area is 112 Å². The molecule has 0 aliphatic rings. The van der Waals surface area contributed by atoms with Gasteiger partial charge in [0.05, 0.1) is 12.7 Å². The highest BCUT2D eigenvalue weighted by atomic mass is 16.5. The van der Waals surface area contributed by atoms with Crippen LogP contribution in [-0.2, 0) is 6.42 Å². The quantitative estimate of drug-likeness (QED) is 0.894. The number of aromatic nitrogens is 2. The second-order valence-corrected chi connectivity index (χ2v) is 4.66. The van der Waals surface area contributed by atoms with Crippen molar-refractivity contribution in [1.82, 2.24) is 10.1 Å². The zero-order valence-corrected chi connectivity index (χ0v) is 11.5. The first-order chi connectivity index (χ1) is 9.15. The van der Waals surface area contributed by atoms with Crippen molar-refractivity contribution in [1.29, 1.82) is 0 Å². The Morgan fingerprint density at radius 3 is 2.79 bits per heavy atom. The van der Waals surface area contributed by atoms with Crippen molar-refractivity contribution >= 4 is 0 Å². The van der Waals surface area contributed by atoms with Crippen molar-refractivity contribution in [2.75, 3.05) is 13.7 Å². The van der Waals surface area contributed by atoms with Gasteiger partial charge in [0, 0.05) is 13.0 Å². The lowest BCUT2D eigenvalue weighted by molar-refractivity contribution is 0.379. The number of benzene rings is 1. The van der Waals surface area contributed by atoms with Crippen molar-refractivity contribution in [2.24, 2.45) is 5.73 Å². The summed E-state index contributed by atoms with van der Waals surface area (Å²) in [6.45, 7) is 4.77. The van der Waals surface area contributed by atoms with Gasteiger partial charge < -0.3 is 15.0 Å². The van der Waals surface area contributed by atoms with Crippen LogP contribution in [0.3, 0.4) is 0 Å². The molecule has 1 aromatic heterocycles. The van der Waals surface area contributed by atoms with Crippen LogP contribution in [0.15, 0.2) is 22.7 Å². The predicted molar refractivity (Wildman–Crippen MR) is 73.1 cm³/mol. The fourth-order valence-corrected chi connectivity index (χ4v) is 1.84. The van der Waals surface area contributed by atoms with E-state index < -0.39 is 0 Å². The zero-order chi connectivity index (χ0) is 13.8. The van der Waals surface area contributed by atoms with Crippen molar-refractivity contribution in [3.8, 4) is 17.1 Å². The van der Waals surface area contributed by atoms with Gasteiger partial charge in [-0.05, 0) is 23.6 Å². The van der Waals surface area contributed by atoms with Gasteiger partial charge in [-0.15, -0.1) is 0 Å². The van der Waals surface area contributed by atoms with E-state index in [1.54, 1.807) is 7.11 Å². The van der Waals surface area contributed by atoms with Gasteiger partial charge in [0.2, 0.25) is 11.7 Å². The molecule has 5 nitrogen and oxygen atoms in total. The summed E-state index contributed by atoms with van der Waals surface area (Å²) in [5, 5.41) is 3.97. The molecule has 1 aromatic carbocycles. The molecule has 0 atom stereocenters. The Kier molecular flexibility index (Phi) is 4.16. The SMILES string of the molecule is COc1cc(C(C)C)ccc1-c1noc(CCN)n1. The fraction of sp³-hybridized carbons (Fsp3) is 0.429. The van der Waals surface area contributed by atoms with Gasteiger partial charge in [-0.25, -0.2) is 0 Å². The van der Waals surface area contributed by atoms with E-state index in [-0.39, 0.29) is 0 Å². The Morgan fingerprint density at radius 2 is 2.16 bits per heavy atom. The molecule has 0 aliphatic heterocycles. The van der Waals surface area contributed by atoms with Crippen LogP contribution in [0.25, 0.3) is 11.4 Å². The third kappa shape index (κ3) is 2.93. The standard InChI is InChI=1S/C14H19N3O2/c1-9(2)10-4-5-11(12(8-10)18-3)14-16-13(6-7-15)19-17-14/h4-5,8-9H,6-7,15H2,1-3H3. The topological polar surface area (TPSA) is 74.2 Å². The van der Waals surface area contributed by atoms with Gasteiger partial charge in [-0.1, -0.05) is 25.1 Å². The molecule has 0 saturated heterocycles. The number of hydrogen-bond acceptors (Lipinski definition) is 5. The average molecular weight is 261 g/mol.